The van der Waals surface area contributed by atoms with Crippen molar-refractivity contribution in [2.45, 2.75) is 68.1 Å². The van der Waals surface area contributed by atoms with Crippen molar-refractivity contribution in [3.8, 4) is 5.75 Å². The van der Waals surface area contributed by atoms with Crippen molar-refractivity contribution in [2.24, 2.45) is 5.92 Å². The van der Waals surface area contributed by atoms with Crippen molar-refractivity contribution in [2.75, 3.05) is 6.61 Å². The van der Waals surface area contributed by atoms with E-state index in [4.69, 9.17) is 4.74 Å². The lowest BCUT2D eigenvalue weighted by molar-refractivity contribution is -0.488. The third kappa shape index (κ3) is 3.33. The van der Waals surface area contributed by atoms with Crippen LogP contribution in [0.1, 0.15) is 32.8 Å². The molecule has 184 valence electrons. The van der Waals surface area contributed by atoms with Gasteiger partial charge in [0.2, 0.25) is 0 Å². The summed E-state index contributed by atoms with van der Waals surface area (Å²) in [4.78, 5) is 0. The van der Waals surface area contributed by atoms with E-state index in [1.807, 2.05) is 0 Å². The lowest BCUT2D eigenvalue weighted by atomic mass is 9.67. The number of rotatable bonds is 6. The highest BCUT2D eigenvalue weighted by molar-refractivity contribution is 5.34. The molecule has 1 unspecified atom stereocenters. The van der Waals surface area contributed by atoms with E-state index in [9.17, 15) is 49.0 Å². The quantitative estimate of drug-likeness (QED) is 0.482. The molecule has 1 atom stereocenters. The second-order valence-electron chi connectivity index (χ2n) is 8.36. The Balaban J connectivity index is 2.59. The first-order valence-corrected chi connectivity index (χ1v) is 9.14. The summed E-state index contributed by atoms with van der Waals surface area (Å²) < 4.78 is 158. The van der Waals surface area contributed by atoms with E-state index in [1.165, 1.54) is 6.07 Å². The van der Waals surface area contributed by atoms with Crippen LogP contribution in [0.3, 0.4) is 0 Å². The van der Waals surface area contributed by atoms with Gasteiger partial charge in [-0.3, -0.25) is 0 Å². The number of hydrogen-bond donors (Lipinski definition) is 1. The van der Waals surface area contributed by atoms with Crippen molar-refractivity contribution in [1.82, 2.24) is 0 Å². The first-order chi connectivity index (χ1) is 14.1. The van der Waals surface area contributed by atoms with Gasteiger partial charge in [0.25, 0.3) is 5.67 Å². The van der Waals surface area contributed by atoms with Crippen LogP contribution in [0, 0.1) is 5.92 Å². The van der Waals surface area contributed by atoms with Crippen LogP contribution in [0.15, 0.2) is 24.3 Å². The van der Waals surface area contributed by atoms with Gasteiger partial charge in [0.05, 0.1) is 12.2 Å². The third-order valence-corrected chi connectivity index (χ3v) is 5.20. The molecule has 1 saturated carbocycles. The summed E-state index contributed by atoms with van der Waals surface area (Å²) in [5, 5.41) is 10.4. The van der Waals surface area contributed by atoms with E-state index in [2.05, 4.69) is 0 Å². The highest BCUT2D eigenvalue weighted by Crippen LogP contribution is 2.71. The molecule has 0 amide bonds. The van der Waals surface area contributed by atoms with Crippen LogP contribution in [0.4, 0.5) is 48.3 Å². The normalized spacial score (nSPS) is 26.4. The zero-order chi connectivity index (χ0) is 25.2. The number of alkyl halides is 11. The van der Waals surface area contributed by atoms with Crippen molar-refractivity contribution < 1.29 is 58.1 Å². The van der Waals surface area contributed by atoms with Crippen molar-refractivity contribution in [3.05, 3.63) is 29.8 Å². The SMILES string of the molecule is CC(C)COc1cccc(C(C)(O)CC2(F)C(F)(F)C(F)(F)C(F)(F)C(F)(F)C2(F)F)c1. The number of halogens is 11. The Bertz CT molecular complexity index is 819. The Labute approximate surface area is 175 Å². The van der Waals surface area contributed by atoms with Gasteiger partial charge in [-0.05, 0) is 30.5 Å². The Morgan fingerprint density at radius 2 is 1.25 bits per heavy atom. The summed E-state index contributed by atoms with van der Waals surface area (Å²) in [6.07, 6.45) is -2.77. The number of aliphatic hydroxyl groups is 1. The molecule has 2 rings (SSSR count). The average molecular weight is 488 g/mol. The van der Waals surface area contributed by atoms with Crippen molar-refractivity contribution in [1.29, 1.82) is 0 Å². The minimum Gasteiger partial charge on any atom is -0.493 e. The van der Waals surface area contributed by atoms with Crippen LogP contribution >= 0.6 is 0 Å². The Hall–Kier alpha value is -1.79. The van der Waals surface area contributed by atoms with E-state index >= 15 is 4.39 Å². The zero-order valence-electron chi connectivity index (χ0n) is 16.8. The minimum atomic E-state index is -7.29. The van der Waals surface area contributed by atoms with Crippen LogP contribution in [0.25, 0.3) is 0 Å². The summed E-state index contributed by atoms with van der Waals surface area (Å²) in [6.45, 7) is 3.96. The van der Waals surface area contributed by atoms with Gasteiger partial charge >= 0.3 is 29.6 Å². The van der Waals surface area contributed by atoms with E-state index in [1.54, 1.807) is 13.8 Å². The second-order valence-corrected chi connectivity index (χ2v) is 8.36. The maximum absolute atomic E-state index is 15.0. The largest absolute Gasteiger partial charge is 0.493 e. The maximum Gasteiger partial charge on any atom is 0.384 e. The van der Waals surface area contributed by atoms with Crippen LogP contribution in [-0.2, 0) is 5.60 Å². The molecule has 0 aromatic heterocycles. The molecular weight excluding hydrogens is 469 g/mol. The summed E-state index contributed by atoms with van der Waals surface area (Å²) in [7, 11) is 0. The van der Waals surface area contributed by atoms with Gasteiger partial charge in [0.1, 0.15) is 5.75 Å². The molecule has 1 aromatic rings. The van der Waals surface area contributed by atoms with Crippen LogP contribution < -0.4 is 4.74 Å². The standard InChI is InChI=1S/C19H19F11O2/c1-10(2)8-32-12-6-4-5-11(7-12)13(3,31)9-14(20)15(21,22)17(25,26)19(29,30)18(27,28)16(14,23)24/h4-7,10,31H,8-9H2,1-3H3. The van der Waals surface area contributed by atoms with Gasteiger partial charge in [-0.2, -0.15) is 43.9 Å². The van der Waals surface area contributed by atoms with Gasteiger partial charge in [-0.1, -0.05) is 26.0 Å². The molecular formula is C19H19F11O2. The lowest BCUT2D eigenvalue weighted by Gasteiger charge is -2.53. The summed E-state index contributed by atoms with van der Waals surface area (Å²) >= 11 is 0. The van der Waals surface area contributed by atoms with Crippen LogP contribution in [0.2, 0.25) is 0 Å². The first kappa shape index (κ1) is 26.5. The lowest BCUT2D eigenvalue weighted by Crippen LogP contribution is -2.84. The predicted octanol–water partition coefficient (Wildman–Crippen LogP) is 6.22. The fraction of sp³-hybridized carbons (Fsp3) is 0.684. The predicted molar refractivity (Wildman–Crippen MR) is 89.5 cm³/mol. The number of benzene rings is 1. The summed E-state index contributed by atoms with van der Waals surface area (Å²) in [5.41, 5.74) is -10.1. The molecule has 1 N–H and O–H groups in total. The summed E-state index contributed by atoms with van der Waals surface area (Å²) in [5.74, 6) is -35.8. The maximum atomic E-state index is 15.0. The van der Waals surface area contributed by atoms with Gasteiger partial charge in [-0.15, -0.1) is 0 Å². The van der Waals surface area contributed by atoms with E-state index < -0.39 is 52.9 Å². The van der Waals surface area contributed by atoms with Gasteiger partial charge in [-0.25, -0.2) is 4.39 Å². The Morgan fingerprint density at radius 1 is 0.812 bits per heavy atom. The fourth-order valence-electron chi connectivity index (χ4n) is 3.27. The number of ether oxygens (including phenoxy) is 1. The molecule has 1 aromatic carbocycles. The molecule has 0 aliphatic heterocycles. The third-order valence-electron chi connectivity index (χ3n) is 5.20. The average Bonchev–Trinajstić information content (AvgIpc) is 2.64. The van der Waals surface area contributed by atoms with E-state index in [0.29, 0.717) is 6.92 Å². The van der Waals surface area contributed by atoms with Gasteiger partial charge in [0, 0.05) is 6.42 Å². The molecule has 0 heterocycles. The number of hydrogen-bond acceptors (Lipinski definition) is 2. The molecule has 1 aliphatic rings. The fourth-order valence-corrected chi connectivity index (χ4v) is 3.27. The monoisotopic (exact) mass is 488 g/mol. The molecule has 13 heteroatoms. The highest BCUT2D eigenvalue weighted by atomic mass is 19.4. The highest BCUT2D eigenvalue weighted by Gasteiger charge is 3.01. The van der Waals surface area contributed by atoms with E-state index in [-0.39, 0.29) is 18.3 Å². The molecule has 2 nitrogen and oxygen atoms in total. The van der Waals surface area contributed by atoms with E-state index in [0.717, 1.165) is 18.2 Å². The second kappa shape index (κ2) is 7.36. The smallest absolute Gasteiger partial charge is 0.384 e. The zero-order valence-corrected chi connectivity index (χ0v) is 16.8. The van der Waals surface area contributed by atoms with Crippen LogP contribution in [0.5, 0.6) is 5.75 Å². The molecule has 0 spiro atoms. The molecule has 1 aliphatic carbocycles. The van der Waals surface area contributed by atoms with Gasteiger partial charge in [0.15, 0.2) is 0 Å². The summed E-state index contributed by atoms with van der Waals surface area (Å²) in [6, 6.07) is 4.09. The van der Waals surface area contributed by atoms with Crippen molar-refractivity contribution in [3.63, 3.8) is 0 Å². The topological polar surface area (TPSA) is 29.5 Å². The Kier molecular flexibility index (Phi) is 6.08. The molecule has 0 saturated heterocycles. The minimum absolute atomic E-state index is 0.0287. The van der Waals surface area contributed by atoms with Crippen LogP contribution in [-0.4, -0.2) is 47.0 Å². The first-order valence-electron chi connectivity index (χ1n) is 9.14. The molecule has 0 radical (unpaired) electrons. The van der Waals surface area contributed by atoms with Gasteiger partial charge < -0.3 is 9.84 Å². The molecule has 32 heavy (non-hydrogen) atoms. The molecule has 1 fully saturated rings. The Morgan fingerprint density at radius 3 is 1.69 bits per heavy atom. The molecule has 0 bridgehead atoms. The van der Waals surface area contributed by atoms with Crippen molar-refractivity contribution >= 4 is 0 Å².